The monoisotopic (exact) mass is 380 g/mol. The molecule has 1 aliphatic heterocycles. The number of piperazine rings is 1. The molecular formula is C23H28N2O3. The topological polar surface area (TPSA) is 42.0 Å². The Morgan fingerprint density at radius 1 is 1.04 bits per heavy atom. The molecule has 1 heterocycles. The normalized spacial score (nSPS) is 15.7. The van der Waals surface area contributed by atoms with Gasteiger partial charge in [-0.05, 0) is 42.4 Å². The number of hydrogen-bond donors (Lipinski definition) is 0. The molecule has 1 saturated heterocycles. The van der Waals surface area contributed by atoms with Crippen LogP contribution in [0.3, 0.4) is 0 Å². The minimum absolute atomic E-state index is 0.106. The van der Waals surface area contributed by atoms with Crippen LogP contribution >= 0.6 is 0 Å². The lowest BCUT2D eigenvalue weighted by atomic mass is 10.0. The highest BCUT2D eigenvalue weighted by Crippen LogP contribution is 2.25. The fourth-order valence-corrected chi connectivity index (χ4v) is 3.35. The summed E-state index contributed by atoms with van der Waals surface area (Å²) >= 11 is 0. The van der Waals surface area contributed by atoms with Crippen molar-refractivity contribution in [1.82, 2.24) is 9.80 Å². The number of allylic oxidation sites excluding steroid dienone is 1. The minimum atomic E-state index is -0.106. The molecule has 0 spiro atoms. The SMILES string of the molecule is COc1ccc(OC)c(C(=O)/C=C/c2ccccc2CN2CCN(C)CC2)c1. The van der Waals surface area contributed by atoms with Gasteiger partial charge in [-0.3, -0.25) is 9.69 Å². The molecule has 28 heavy (non-hydrogen) atoms. The van der Waals surface area contributed by atoms with E-state index >= 15 is 0 Å². The average molecular weight is 380 g/mol. The molecule has 0 aliphatic carbocycles. The third-order valence-electron chi connectivity index (χ3n) is 5.13. The first kappa shape index (κ1) is 20.1. The second-order valence-electron chi connectivity index (χ2n) is 7.04. The van der Waals surface area contributed by atoms with Crippen molar-refractivity contribution in [3.8, 4) is 11.5 Å². The number of hydrogen-bond acceptors (Lipinski definition) is 5. The van der Waals surface area contributed by atoms with Crippen molar-refractivity contribution in [3.63, 3.8) is 0 Å². The summed E-state index contributed by atoms with van der Waals surface area (Å²) in [7, 11) is 5.31. The molecular weight excluding hydrogens is 352 g/mol. The van der Waals surface area contributed by atoms with E-state index in [2.05, 4.69) is 35.0 Å². The van der Waals surface area contributed by atoms with Crippen LogP contribution in [0.15, 0.2) is 48.5 Å². The summed E-state index contributed by atoms with van der Waals surface area (Å²) in [6.07, 6.45) is 3.51. The fraction of sp³-hybridized carbons (Fsp3) is 0.348. The van der Waals surface area contributed by atoms with Gasteiger partial charge >= 0.3 is 0 Å². The lowest BCUT2D eigenvalue weighted by Crippen LogP contribution is -2.43. The predicted octanol–water partition coefficient (Wildman–Crippen LogP) is 3.35. The van der Waals surface area contributed by atoms with Crippen molar-refractivity contribution in [2.75, 3.05) is 47.4 Å². The zero-order chi connectivity index (χ0) is 19.9. The number of methoxy groups -OCH3 is 2. The van der Waals surface area contributed by atoms with Gasteiger partial charge < -0.3 is 14.4 Å². The standard InChI is InChI=1S/C23H28N2O3/c1-24-12-14-25(15-13-24)17-19-7-5-4-6-18(19)8-10-22(26)21-16-20(27-2)9-11-23(21)28-3/h4-11,16H,12-15,17H2,1-3H3/b10-8+. The lowest BCUT2D eigenvalue weighted by Gasteiger charge is -2.32. The second kappa shape index (κ2) is 9.53. The van der Waals surface area contributed by atoms with E-state index in [1.54, 1.807) is 38.5 Å². The van der Waals surface area contributed by atoms with Gasteiger partial charge in [-0.15, -0.1) is 0 Å². The third-order valence-corrected chi connectivity index (χ3v) is 5.13. The minimum Gasteiger partial charge on any atom is -0.497 e. The molecule has 5 heteroatoms. The van der Waals surface area contributed by atoms with Crippen LogP contribution in [-0.4, -0.2) is 63.0 Å². The van der Waals surface area contributed by atoms with Crippen molar-refractivity contribution in [1.29, 1.82) is 0 Å². The quantitative estimate of drug-likeness (QED) is 0.544. The molecule has 0 bridgehead atoms. The van der Waals surface area contributed by atoms with Gasteiger partial charge in [-0.25, -0.2) is 0 Å². The Bertz CT molecular complexity index is 839. The smallest absolute Gasteiger partial charge is 0.189 e. The van der Waals surface area contributed by atoms with E-state index < -0.39 is 0 Å². The van der Waals surface area contributed by atoms with Crippen LogP contribution in [-0.2, 0) is 6.54 Å². The highest BCUT2D eigenvalue weighted by atomic mass is 16.5. The number of ether oxygens (including phenoxy) is 2. The van der Waals surface area contributed by atoms with Crippen molar-refractivity contribution >= 4 is 11.9 Å². The molecule has 0 radical (unpaired) electrons. The Morgan fingerprint density at radius 3 is 2.50 bits per heavy atom. The van der Waals surface area contributed by atoms with Crippen molar-refractivity contribution in [2.24, 2.45) is 0 Å². The van der Waals surface area contributed by atoms with Crippen LogP contribution in [0.2, 0.25) is 0 Å². The number of nitrogens with zero attached hydrogens (tertiary/aromatic N) is 2. The molecule has 0 unspecified atom stereocenters. The molecule has 2 aromatic rings. The zero-order valence-corrected chi connectivity index (χ0v) is 16.9. The Morgan fingerprint density at radius 2 is 1.79 bits per heavy atom. The van der Waals surface area contributed by atoms with E-state index in [-0.39, 0.29) is 5.78 Å². The molecule has 0 atom stereocenters. The summed E-state index contributed by atoms with van der Waals surface area (Å²) in [6.45, 7) is 5.20. The Kier molecular flexibility index (Phi) is 6.85. The van der Waals surface area contributed by atoms with E-state index in [1.165, 1.54) is 5.56 Å². The van der Waals surface area contributed by atoms with Crippen molar-refractivity contribution in [3.05, 3.63) is 65.2 Å². The van der Waals surface area contributed by atoms with Gasteiger partial charge in [0.05, 0.1) is 19.8 Å². The van der Waals surface area contributed by atoms with E-state index in [1.807, 2.05) is 12.1 Å². The summed E-state index contributed by atoms with van der Waals surface area (Å²) in [5.41, 5.74) is 2.79. The van der Waals surface area contributed by atoms with Crippen molar-refractivity contribution in [2.45, 2.75) is 6.54 Å². The average Bonchev–Trinajstić information content (AvgIpc) is 2.74. The number of likely N-dealkylation sites (N-methyl/N-ethyl adjacent to an activating group) is 1. The first-order valence-corrected chi connectivity index (χ1v) is 9.54. The molecule has 0 aromatic heterocycles. The van der Waals surface area contributed by atoms with Gasteiger partial charge in [-0.1, -0.05) is 30.3 Å². The molecule has 3 rings (SSSR count). The molecule has 2 aromatic carbocycles. The summed E-state index contributed by atoms with van der Waals surface area (Å²) in [5, 5.41) is 0. The maximum atomic E-state index is 12.8. The molecule has 0 saturated carbocycles. The summed E-state index contributed by atoms with van der Waals surface area (Å²) in [6, 6.07) is 13.5. The molecule has 148 valence electrons. The van der Waals surface area contributed by atoms with Crippen LogP contribution in [0, 0.1) is 0 Å². The van der Waals surface area contributed by atoms with E-state index in [0.717, 1.165) is 38.3 Å². The van der Waals surface area contributed by atoms with Crippen molar-refractivity contribution < 1.29 is 14.3 Å². The van der Waals surface area contributed by atoms with Crippen LogP contribution in [0.5, 0.6) is 11.5 Å². The van der Waals surface area contributed by atoms with Crippen LogP contribution in [0.4, 0.5) is 0 Å². The lowest BCUT2D eigenvalue weighted by molar-refractivity contribution is 0.104. The molecule has 0 amide bonds. The Labute approximate surface area is 167 Å². The maximum absolute atomic E-state index is 12.8. The fourth-order valence-electron chi connectivity index (χ4n) is 3.35. The summed E-state index contributed by atoms with van der Waals surface area (Å²) in [5.74, 6) is 1.07. The van der Waals surface area contributed by atoms with Gasteiger partial charge in [-0.2, -0.15) is 0 Å². The predicted molar refractivity (Wildman–Crippen MR) is 112 cm³/mol. The molecule has 5 nitrogen and oxygen atoms in total. The number of ketones is 1. The Hall–Kier alpha value is -2.63. The van der Waals surface area contributed by atoms with Gasteiger partial charge in [0.25, 0.3) is 0 Å². The largest absolute Gasteiger partial charge is 0.497 e. The Balaban J connectivity index is 1.76. The first-order chi connectivity index (χ1) is 13.6. The third kappa shape index (κ3) is 5.00. The highest BCUT2D eigenvalue weighted by molar-refractivity contribution is 6.09. The van der Waals surface area contributed by atoms with Gasteiger partial charge in [0, 0.05) is 32.7 Å². The zero-order valence-electron chi connectivity index (χ0n) is 16.9. The maximum Gasteiger partial charge on any atom is 0.189 e. The number of rotatable bonds is 7. The van der Waals surface area contributed by atoms with Crippen LogP contribution in [0.25, 0.3) is 6.08 Å². The number of carbonyl (C=O) groups is 1. The van der Waals surface area contributed by atoms with E-state index in [4.69, 9.17) is 9.47 Å². The number of benzene rings is 2. The van der Waals surface area contributed by atoms with Gasteiger partial charge in [0.15, 0.2) is 5.78 Å². The van der Waals surface area contributed by atoms with Gasteiger partial charge in [0.1, 0.15) is 11.5 Å². The molecule has 1 aliphatic rings. The summed E-state index contributed by atoms with van der Waals surface area (Å²) in [4.78, 5) is 17.6. The first-order valence-electron chi connectivity index (χ1n) is 9.54. The molecule has 1 fully saturated rings. The van der Waals surface area contributed by atoms with E-state index in [9.17, 15) is 4.79 Å². The van der Waals surface area contributed by atoms with Crippen LogP contribution in [0.1, 0.15) is 21.5 Å². The second-order valence-corrected chi connectivity index (χ2v) is 7.04. The molecule has 0 N–H and O–H groups in total. The highest BCUT2D eigenvalue weighted by Gasteiger charge is 2.15. The van der Waals surface area contributed by atoms with Crippen LogP contribution < -0.4 is 9.47 Å². The van der Waals surface area contributed by atoms with Gasteiger partial charge in [0.2, 0.25) is 0 Å². The number of carbonyl (C=O) groups excluding carboxylic acids is 1. The summed E-state index contributed by atoms with van der Waals surface area (Å²) < 4.78 is 10.6. The van der Waals surface area contributed by atoms with E-state index in [0.29, 0.717) is 17.1 Å².